The number of para-hydroxylation sites is 1. The Kier molecular flexibility index (Phi) is 24.0. The summed E-state index contributed by atoms with van der Waals surface area (Å²) in [5, 5.41) is 12.7. The summed E-state index contributed by atoms with van der Waals surface area (Å²) >= 11 is 0. The fraction of sp³-hybridized carbons (Fsp3) is 0.241. The quantitative estimate of drug-likeness (QED) is 0.0654. The molecule has 0 radical (unpaired) electrons. The van der Waals surface area contributed by atoms with Gasteiger partial charge in [-0.15, -0.1) is 0 Å². The SMILES string of the molecule is CCOC(=O)c1ccc(NC2=C(N3CCOCC3)C(=O)c3ccccc3C2=O)cc1.COC(=O)c1ccc(NC2=C(N3CCCC3)C(=O)c3ccccc3C2=O)cc1.COc1cccc(NC2=C(N3CCOCC3)C(=O)c3ccccc3C2=O)c1.Cc1ccccc1NC1=C(N2CCOCC2)C(=O)c2ccccc2C1=O. The van der Waals surface area contributed by atoms with Gasteiger partial charge in [0.25, 0.3) is 0 Å². The molecule has 4 N–H and O–H groups in total. The number of methoxy groups -OCH3 is 2. The Morgan fingerprint density at radius 3 is 1.01 bits per heavy atom. The predicted molar refractivity (Wildman–Crippen MR) is 415 cm³/mol. The Morgan fingerprint density at radius 1 is 0.351 bits per heavy atom. The topological polar surface area (TPSA) is 287 Å². The second-order valence-corrected chi connectivity index (χ2v) is 26.6. The summed E-state index contributed by atoms with van der Waals surface area (Å²) < 4.78 is 31.2. The fourth-order valence-corrected chi connectivity index (χ4v) is 14.1. The van der Waals surface area contributed by atoms with Gasteiger partial charge in [0, 0.05) is 126 Å². The average molecular weight is 1500 g/mol. The molecule has 4 aliphatic heterocycles. The van der Waals surface area contributed by atoms with E-state index in [1.54, 1.807) is 166 Å². The Bertz CT molecular complexity index is 5110. The van der Waals surface area contributed by atoms with Crippen LogP contribution in [-0.4, -0.2) is 191 Å². The second-order valence-electron chi connectivity index (χ2n) is 26.6. The summed E-state index contributed by atoms with van der Waals surface area (Å²) in [6.07, 6.45) is 1.99. The fourth-order valence-electron chi connectivity index (χ4n) is 14.1. The number of rotatable bonds is 16. The number of aryl methyl sites for hydroxylation is 1. The van der Waals surface area contributed by atoms with Gasteiger partial charge in [-0.05, 0) is 99.0 Å². The summed E-state index contributed by atoms with van der Waals surface area (Å²) in [6.45, 7) is 12.0. The number of hydrogen-bond donors (Lipinski definition) is 4. The molecular weight excluding hydrogens is 1410 g/mol. The highest BCUT2D eigenvalue weighted by Gasteiger charge is 2.41. The number of fused-ring (bicyclic) bond motifs is 4. The monoisotopic (exact) mass is 1490 g/mol. The van der Waals surface area contributed by atoms with E-state index in [0.717, 1.165) is 37.2 Å². The van der Waals surface area contributed by atoms with Gasteiger partial charge in [0.15, 0.2) is 0 Å². The number of esters is 2. The zero-order valence-electron chi connectivity index (χ0n) is 61.8. The Labute approximate surface area is 641 Å². The first-order chi connectivity index (χ1) is 54.0. The molecule has 0 bridgehead atoms. The van der Waals surface area contributed by atoms with Crippen LogP contribution in [0.3, 0.4) is 0 Å². The number of allylic oxidation sites excluding steroid dienone is 8. The molecule has 4 aliphatic carbocycles. The minimum Gasteiger partial charge on any atom is -0.497 e. The van der Waals surface area contributed by atoms with Crippen molar-refractivity contribution in [3.05, 3.63) is 301 Å². The number of ketones is 8. The third-order valence-electron chi connectivity index (χ3n) is 19.8. The number of anilines is 4. The number of morpholine rings is 3. The molecule has 0 unspecified atom stereocenters. The lowest BCUT2D eigenvalue weighted by molar-refractivity contribution is 0.0495. The van der Waals surface area contributed by atoms with Gasteiger partial charge in [0.05, 0.1) is 71.6 Å². The third kappa shape index (κ3) is 16.6. The van der Waals surface area contributed by atoms with Crippen LogP contribution in [0.5, 0.6) is 5.75 Å². The van der Waals surface area contributed by atoms with Gasteiger partial charge in [-0.25, -0.2) is 9.59 Å². The Hall–Kier alpha value is -12.9. The molecular formula is C87H82N8O16. The molecule has 4 heterocycles. The Morgan fingerprint density at radius 2 is 0.667 bits per heavy atom. The summed E-state index contributed by atoms with van der Waals surface area (Å²) in [7, 11) is 2.91. The van der Waals surface area contributed by atoms with Gasteiger partial charge in [0.2, 0.25) is 46.3 Å². The van der Waals surface area contributed by atoms with E-state index in [0.29, 0.717) is 198 Å². The standard InChI is InChI=1S/C23H22N2O5.C22H20N2O4.C21H20N2O4.C21H20N2O3/c1-2-30-23(28)15-7-9-16(10-8-15)24-19-20(25-11-13-29-14-12-25)22(27)18-6-4-3-5-17(18)21(19)26;1-28-22(27)14-8-10-15(11-9-14)23-18-19(24-12-4-5-13-24)21(26)17-7-3-2-6-16(17)20(18)25;1-26-15-6-4-5-14(13-15)22-18-19(23-9-11-27-12-10-23)21(25)17-8-3-2-7-16(17)20(18)24;1-14-6-2-5-9-17(14)22-18-19(23-10-12-26-13-11-23)21(25)16-8-4-3-7-15(16)20(18)24/h3-10,24H,2,11-14H2,1H3;2-3,6-11,23H,4-5,12-13H2,1H3;2-8,13,22H,9-12H2,1H3;2-9,22H,10-13H2,1H3. The van der Waals surface area contributed by atoms with Crippen molar-refractivity contribution in [2.75, 3.05) is 134 Å². The van der Waals surface area contributed by atoms with Crippen molar-refractivity contribution in [1.29, 1.82) is 0 Å². The lowest BCUT2D eigenvalue weighted by atomic mass is 9.89. The van der Waals surface area contributed by atoms with E-state index in [4.69, 9.17) is 28.4 Å². The van der Waals surface area contributed by atoms with Crippen molar-refractivity contribution in [1.82, 2.24) is 19.6 Å². The van der Waals surface area contributed by atoms with Gasteiger partial charge in [-0.2, -0.15) is 0 Å². The van der Waals surface area contributed by atoms with Crippen LogP contribution in [0.1, 0.15) is 129 Å². The van der Waals surface area contributed by atoms with Gasteiger partial charge in [-0.1, -0.05) is 121 Å². The molecule has 8 aliphatic rings. The van der Waals surface area contributed by atoms with Gasteiger partial charge in [-0.3, -0.25) is 38.4 Å². The molecule has 4 saturated heterocycles. The maximum atomic E-state index is 13.3. The zero-order valence-corrected chi connectivity index (χ0v) is 61.8. The summed E-state index contributed by atoms with van der Waals surface area (Å²) in [4.78, 5) is 137. The van der Waals surface area contributed by atoms with Crippen LogP contribution in [0.15, 0.2) is 240 Å². The highest BCUT2D eigenvalue weighted by molar-refractivity contribution is 6.30. The second kappa shape index (κ2) is 35.0. The van der Waals surface area contributed by atoms with Crippen LogP contribution in [0.4, 0.5) is 22.7 Å². The van der Waals surface area contributed by atoms with Crippen molar-refractivity contribution < 1.29 is 76.4 Å². The van der Waals surface area contributed by atoms with E-state index in [9.17, 15) is 47.9 Å². The van der Waals surface area contributed by atoms with Crippen LogP contribution in [-0.2, 0) is 23.7 Å². The smallest absolute Gasteiger partial charge is 0.338 e. The number of carbonyl (C=O) groups is 10. The van der Waals surface area contributed by atoms with Crippen molar-refractivity contribution >= 4 is 81.0 Å². The number of carbonyl (C=O) groups excluding carboxylic acids is 10. The van der Waals surface area contributed by atoms with E-state index in [2.05, 4.69) is 21.3 Å². The largest absolute Gasteiger partial charge is 0.497 e. The van der Waals surface area contributed by atoms with E-state index in [-0.39, 0.29) is 57.7 Å². The molecule has 4 fully saturated rings. The number of nitrogens with zero attached hydrogens (tertiary/aromatic N) is 4. The van der Waals surface area contributed by atoms with Crippen molar-refractivity contribution in [3.63, 3.8) is 0 Å². The van der Waals surface area contributed by atoms with Crippen molar-refractivity contribution in [2.24, 2.45) is 0 Å². The highest BCUT2D eigenvalue weighted by atomic mass is 16.5. The zero-order chi connectivity index (χ0) is 77.7. The number of likely N-dealkylation sites (tertiary alicyclic amines) is 1. The number of nitrogens with one attached hydrogen (secondary N) is 4. The van der Waals surface area contributed by atoms with Crippen LogP contribution in [0.2, 0.25) is 0 Å². The number of ether oxygens (including phenoxy) is 6. The molecule has 0 saturated carbocycles. The summed E-state index contributed by atoms with van der Waals surface area (Å²) in [5.41, 5.74) is 10.8. The molecule has 111 heavy (non-hydrogen) atoms. The van der Waals surface area contributed by atoms with Crippen LogP contribution >= 0.6 is 0 Å². The van der Waals surface area contributed by atoms with E-state index < -0.39 is 11.9 Å². The van der Waals surface area contributed by atoms with Crippen molar-refractivity contribution in [3.8, 4) is 5.75 Å². The lowest BCUT2D eigenvalue weighted by Crippen LogP contribution is -2.42. The molecule has 24 nitrogen and oxygen atoms in total. The minimum absolute atomic E-state index is 0.113. The van der Waals surface area contributed by atoms with Gasteiger partial charge < -0.3 is 69.3 Å². The lowest BCUT2D eigenvalue weighted by Gasteiger charge is -2.34. The molecule has 0 amide bonds. The van der Waals surface area contributed by atoms with Crippen LogP contribution in [0.25, 0.3) is 0 Å². The molecule has 0 aromatic heterocycles. The maximum absolute atomic E-state index is 13.3. The third-order valence-corrected chi connectivity index (χ3v) is 19.8. The van der Waals surface area contributed by atoms with E-state index in [1.165, 1.54) is 7.11 Å². The normalized spacial score (nSPS) is 16.7. The molecule has 0 atom stereocenters. The predicted octanol–water partition coefficient (Wildman–Crippen LogP) is 11.9. The summed E-state index contributed by atoms with van der Waals surface area (Å²) in [5.74, 6) is -1.51. The van der Waals surface area contributed by atoms with Gasteiger partial charge in [0.1, 0.15) is 51.3 Å². The first-order valence-corrected chi connectivity index (χ1v) is 36.7. The molecule has 566 valence electrons. The van der Waals surface area contributed by atoms with Crippen molar-refractivity contribution in [2.45, 2.75) is 26.7 Å². The summed E-state index contributed by atoms with van der Waals surface area (Å²) in [6, 6.07) is 56.0. The van der Waals surface area contributed by atoms with E-state index >= 15 is 0 Å². The molecule has 8 aromatic carbocycles. The molecule has 0 spiro atoms. The van der Waals surface area contributed by atoms with E-state index in [1.807, 2.05) is 69.0 Å². The average Bonchev–Trinajstić information content (AvgIpc) is 1.66. The molecule has 8 aromatic rings. The maximum Gasteiger partial charge on any atom is 0.338 e. The first-order valence-electron chi connectivity index (χ1n) is 36.7. The molecule has 16 rings (SSSR count). The number of benzene rings is 8. The van der Waals surface area contributed by atoms with Gasteiger partial charge >= 0.3 is 11.9 Å². The first kappa shape index (κ1) is 76.3. The highest BCUT2D eigenvalue weighted by Crippen LogP contribution is 2.36. The number of Topliss-reactive ketones (excluding diaryl/α,β-unsaturated/α-hetero) is 8. The molecule has 24 heteroatoms. The number of hydrogen-bond acceptors (Lipinski definition) is 24. The van der Waals surface area contributed by atoms with Crippen LogP contribution < -0.4 is 26.0 Å². The minimum atomic E-state index is -0.429. The Balaban J connectivity index is 0.000000130. The van der Waals surface area contributed by atoms with Crippen LogP contribution in [0, 0.1) is 6.92 Å².